The van der Waals surface area contributed by atoms with E-state index in [0.29, 0.717) is 17.9 Å². The number of rotatable bonds is 5. The first-order valence-corrected chi connectivity index (χ1v) is 7.67. The molecule has 1 aliphatic rings. The Kier molecular flexibility index (Phi) is 5.44. The SMILES string of the molecule is COc1ccc(CC2CC(N)CN(CC(C)C)C2)cc1. The second-order valence-corrected chi connectivity index (χ2v) is 6.53. The lowest BCUT2D eigenvalue weighted by Crippen LogP contribution is -2.48. The zero-order chi connectivity index (χ0) is 14.5. The van der Waals surface area contributed by atoms with E-state index in [4.69, 9.17) is 10.5 Å². The number of hydrogen-bond donors (Lipinski definition) is 1. The maximum atomic E-state index is 6.23. The van der Waals surface area contributed by atoms with Crippen molar-refractivity contribution in [3.63, 3.8) is 0 Å². The number of hydrogen-bond acceptors (Lipinski definition) is 3. The molecular weight excluding hydrogens is 248 g/mol. The highest BCUT2D eigenvalue weighted by Crippen LogP contribution is 2.22. The Morgan fingerprint density at radius 2 is 1.95 bits per heavy atom. The van der Waals surface area contributed by atoms with Crippen molar-refractivity contribution in [2.45, 2.75) is 32.7 Å². The van der Waals surface area contributed by atoms with Crippen molar-refractivity contribution in [1.82, 2.24) is 4.90 Å². The molecule has 0 amide bonds. The van der Waals surface area contributed by atoms with E-state index < -0.39 is 0 Å². The summed E-state index contributed by atoms with van der Waals surface area (Å²) in [4.78, 5) is 2.53. The third kappa shape index (κ3) is 4.50. The van der Waals surface area contributed by atoms with Gasteiger partial charge in [0.2, 0.25) is 0 Å². The monoisotopic (exact) mass is 276 g/mol. The summed E-state index contributed by atoms with van der Waals surface area (Å²) >= 11 is 0. The topological polar surface area (TPSA) is 38.5 Å². The zero-order valence-corrected chi connectivity index (χ0v) is 13.0. The zero-order valence-electron chi connectivity index (χ0n) is 13.0. The van der Waals surface area contributed by atoms with Crippen LogP contribution in [0.1, 0.15) is 25.8 Å². The van der Waals surface area contributed by atoms with Gasteiger partial charge in [0.15, 0.2) is 0 Å². The third-order valence-electron chi connectivity index (χ3n) is 3.95. The van der Waals surface area contributed by atoms with Crippen LogP contribution >= 0.6 is 0 Å². The predicted molar refractivity (Wildman–Crippen MR) is 84.1 cm³/mol. The molecule has 0 radical (unpaired) electrons. The summed E-state index contributed by atoms with van der Waals surface area (Å²) in [6, 6.07) is 8.76. The summed E-state index contributed by atoms with van der Waals surface area (Å²) in [5, 5.41) is 0. The Morgan fingerprint density at radius 1 is 1.25 bits per heavy atom. The van der Waals surface area contributed by atoms with Gasteiger partial charge < -0.3 is 15.4 Å². The molecule has 0 bridgehead atoms. The maximum absolute atomic E-state index is 6.23. The van der Waals surface area contributed by atoms with Crippen LogP contribution in [0.5, 0.6) is 5.75 Å². The van der Waals surface area contributed by atoms with E-state index in [1.807, 2.05) is 12.1 Å². The van der Waals surface area contributed by atoms with Crippen LogP contribution in [0.4, 0.5) is 0 Å². The summed E-state index contributed by atoms with van der Waals surface area (Å²) in [6.45, 7) is 7.94. The van der Waals surface area contributed by atoms with E-state index >= 15 is 0 Å². The smallest absolute Gasteiger partial charge is 0.118 e. The first-order chi connectivity index (χ1) is 9.56. The van der Waals surface area contributed by atoms with Crippen LogP contribution in [0.25, 0.3) is 0 Å². The van der Waals surface area contributed by atoms with Gasteiger partial charge in [0.1, 0.15) is 5.75 Å². The van der Waals surface area contributed by atoms with Gasteiger partial charge in [0.05, 0.1) is 7.11 Å². The van der Waals surface area contributed by atoms with E-state index in [1.54, 1.807) is 7.11 Å². The van der Waals surface area contributed by atoms with Crippen molar-refractivity contribution >= 4 is 0 Å². The summed E-state index contributed by atoms with van der Waals surface area (Å²) < 4.78 is 5.21. The number of nitrogens with two attached hydrogens (primary N) is 1. The molecule has 3 heteroatoms. The Labute approximate surface area is 123 Å². The lowest BCUT2D eigenvalue weighted by atomic mass is 9.88. The van der Waals surface area contributed by atoms with Crippen molar-refractivity contribution in [2.75, 3.05) is 26.7 Å². The van der Waals surface area contributed by atoms with Gasteiger partial charge in [-0.15, -0.1) is 0 Å². The van der Waals surface area contributed by atoms with E-state index in [1.165, 1.54) is 12.1 Å². The van der Waals surface area contributed by atoms with Crippen molar-refractivity contribution in [1.29, 1.82) is 0 Å². The summed E-state index contributed by atoms with van der Waals surface area (Å²) in [7, 11) is 1.71. The van der Waals surface area contributed by atoms with Gasteiger partial charge in [0, 0.05) is 25.7 Å². The van der Waals surface area contributed by atoms with Crippen LogP contribution in [0.3, 0.4) is 0 Å². The second-order valence-electron chi connectivity index (χ2n) is 6.53. The largest absolute Gasteiger partial charge is 0.497 e. The van der Waals surface area contributed by atoms with Gasteiger partial charge in [0.25, 0.3) is 0 Å². The fourth-order valence-electron chi connectivity index (χ4n) is 3.26. The molecule has 0 spiro atoms. The summed E-state index contributed by atoms with van der Waals surface area (Å²) in [6.07, 6.45) is 2.26. The molecular formula is C17H28N2O. The molecule has 2 rings (SSSR count). The van der Waals surface area contributed by atoms with Crippen molar-refractivity contribution in [3.05, 3.63) is 29.8 Å². The molecule has 1 aliphatic heterocycles. The lowest BCUT2D eigenvalue weighted by Gasteiger charge is -2.37. The van der Waals surface area contributed by atoms with Crippen LogP contribution in [-0.2, 0) is 6.42 Å². The van der Waals surface area contributed by atoms with Crippen molar-refractivity contribution in [2.24, 2.45) is 17.6 Å². The average molecular weight is 276 g/mol. The highest BCUT2D eigenvalue weighted by molar-refractivity contribution is 5.27. The molecule has 20 heavy (non-hydrogen) atoms. The molecule has 1 aromatic rings. The summed E-state index contributed by atoms with van der Waals surface area (Å²) in [5.74, 6) is 2.31. The number of likely N-dealkylation sites (tertiary alicyclic amines) is 1. The first kappa shape index (κ1) is 15.3. The fraction of sp³-hybridized carbons (Fsp3) is 0.647. The number of ether oxygens (including phenoxy) is 1. The van der Waals surface area contributed by atoms with Gasteiger partial charge in [-0.1, -0.05) is 26.0 Å². The van der Waals surface area contributed by atoms with Crippen molar-refractivity contribution < 1.29 is 4.74 Å². The molecule has 0 aromatic heterocycles. The second kappa shape index (κ2) is 7.09. The van der Waals surface area contributed by atoms with Gasteiger partial charge in [-0.25, -0.2) is 0 Å². The summed E-state index contributed by atoms with van der Waals surface area (Å²) in [5.41, 5.74) is 7.61. The van der Waals surface area contributed by atoms with E-state index in [2.05, 4.69) is 30.9 Å². The molecule has 2 N–H and O–H groups in total. The fourth-order valence-corrected chi connectivity index (χ4v) is 3.26. The molecule has 2 atom stereocenters. The Morgan fingerprint density at radius 3 is 2.55 bits per heavy atom. The van der Waals surface area contributed by atoms with Crippen LogP contribution in [0.2, 0.25) is 0 Å². The quantitative estimate of drug-likeness (QED) is 0.898. The van der Waals surface area contributed by atoms with Crippen LogP contribution in [-0.4, -0.2) is 37.7 Å². The van der Waals surface area contributed by atoms with Gasteiger partial charge in [-0.3, -0.25) is 0 Å². The Bertz CT molecular complexity index is 400. The van der Waals surface area contributed by atoms with Gasteiger partial charge in [-0.2, -0.15) is 0 Å². The molecule has 0 aliphatic carbocycles. The minimum Gasteiger partial charge on any atom is -0.497 e. The van der Waals surface area contributed by atoms with Crippen LogP contribution < -0.4 is 10.5 Å². The van der Waals surface area contributed by atoms with E-state index in [0.717, 1.165) is 31.7 Å². The number of benzene rings is 1. The first-order valence-electron chi connectivity index (χ1n) is 7.67. The predicted octanol–water partition coefficient (Wildman–Crippen LogP) is 2.54. The Balaban J connectivity index is 1.93. The van der Waals surface area contributed by atoms with Crippen molar-refractivity contribution in [3.8, 4) is 5.75 Å². The number of piperidine rings is 1. The molecule has 3 nitrogen and oxygen atoms in total. The van der Waals surface area contributed by atoms with E-state index in [-0.39, 0.29) is 0 Å². The molecule has 1 fully saturated rings. The highest BCUT2D eigenvalue weighted by Gasteiger charge is 2.25. The van der Waals surface area contributed by atoms with Gasteiger partial charge >= 0.3 is 0 Å². The maximum Gasteiger partial charge on any atom is 0.118 e. The minimum atomic E-state index is 0.325. The third-order valence-corrected chi connectivity index (χ3v) is 3.95. The van der Waals surface area contributed by atoms with Crippen LogP contribution in [0, 0.1) is 11.8 Å². The van der Waals surface area contributed by atoms with Gasteiger partial charge in [-0.05, 0) is 42.4 Å². The molecule has 0 saturated carbocycles. The average Bonchev–Trinajstić information content (AvgIpc) is 2.38. The highest BCUT2D eigenvalue weighted by atomic mass is 16.5. The standard InChI is InChI=1S/C17H28N2O/c1-13(2)10-19-11-15(9-16(18)12-19)8-14-4-6-17(20-3)7-5-14/h4-7,13,15-16H,8-12,18H2,1-3H3. The number of methoxy groups -OCH3 is 1. The number of nitrogens with zero attached hydrogens (tertiary/aromatic N) is 1. The van der Waals surface area contributed by atoms with Crippen LogP contribution in [0.15, 0.2) is 24.3 Å². The molecule has 1 aromatic carbocycles. The molecule has 1 saturated heterocycles. The normalized spacial score (nSPS) is 24.1. The lowest BCUT2D eigenvalue weighted by molar-refractivity contribution is 0.142. The van der Waals surface area contributed by atoms with E-state index in [9.17, 15) is 0 Å². The minimum absolute atomic E-state index is 0.325. The molecule has 2 unspecified atom stereocenters. The molecule has 112 valence electrons. The Hall–Kier alpha value is -1.06. The molecule has 1 heterocycles.